The van der Waals surface area contributed by atoms with E-state index < -0.39 is 0 Å². The van der Waals surface area contributed by atoms with E-state index in [4.69, 9.17) is 0 Å². The monoisotopic (exact) mass is 143 g/mol. The second-order valence-electron chi connectivity index (χ2n) is 2.28. The average molecular weight is 143 g/mol. The SMILES string of the molecule is C=[C]c1nc2ccccc2[nH]1. The molecule has 0 unspecified atom stereocenters. The maximum atomic E-state index is 4.20. The maximum absolute atomic E-state index is 4.20. The van der Waals surface area contributed by atoms with Crippen molar-refractivity contribution in [2.75, 3.05) is 0 Å². The quantitative estimate of drug-likeness (QED) is 0.648. The molecule has 2 nitrogen and oxygen atoms in total. The van der Waals surface area contributed by atoms with E-state index in [9.17, 15) is 0 Å². The molecule has 1 radical (unpaired) electrons. The van der Waals surface area contributed by atoms with E-state index >= 15 is 0 Å². The number of fused-ring (bicyclic) bond motifs is 1. The molecule has 2 aromatic rings. The predicted molar refractivity (Wildman–Crippen MR) is 44.1 cm³/mol. The van der Waals surface area contributed by atoms with Crippen molar-refractivity contribution < 1.29 is 0 Å². The van der Waals surface area contributed by atoms with E-state index in [0.717, 1.165) is 11.0 Å². The Morgan fingerprint density at radius 2 is 2.18 bits per heavy atom. The number of aromatic nitrogens is 2. The first-order valence-electron chi connectivity index (χ1n) is 3.38. The van der Waals surface area contributed by atoms with Gasteiger partial charge in [0.2, 0.25) is 0 Å². The van der Waals surface area contributed by atoms with Crippen molar-refractivity contribution in [3.8, 4) is 0 Å². The zero-order valence-corrected chi connectivity index (χ0v) is 5.96. The van der Waals surface area contributed by atoms with Crippen LogP contribution in [-0.2, 0) is 0 Å². The molecule has 1 aromatic heterocycles. The molecule has 0 atom stereocenters. The highest BCUT2D eigenvalue weighted by atomic mass is 14.9. The Labute approximate surface area is 64.6 Å². The normalized spacial score (nSPS) is 10.2. The molecular formula is C9H7N2. The molecule has 0 amide bonds. The van der Waals surface area contributed by atoms with Gasteiger partial charge in [0.05, 0.1) is 11.0 Å². The number of hydrogen-bond acceptors (Lipinski definition) is 1. The van der Waals surface area contributed by atoms with Crippen LogP contribution in [0.5, 0.6) is 0 Å². The van der Waals surface area contributed by atoms with E-state index in [1.165, 1.54) is 0 Å². The molecule has 1 heterocycles. The van der Waals surface area contributed by atoms with Gasteiger partial charge in [0.15, 0.2) is 0 Å². The summed E-state index contributed by atoms with van der Waals surface area (Å²) < 4.78 is 0. The second kappa shape index (κ2) is 2.23. The summed E-state index contributed by atoms with van der Waals surface area (Å²) in [5.74, 6) is 0.700. The summed E-state index contributed by atoms with van der Waals surface area (Å²) in [6.45, 7) is 3.51. The Morgan fingerprint density at radius 3 is 2.91 bits per heavy atom. The molecule has 0 aliphatic heterocycles. The highest BCUT2D eigenvalue weighted by Gasteiger charge is 1.96. The average Bonchev–Trinajstić information content (AvgIpc) is 2.46. The first-order valence-corrected chi connectivity index (χ1v) is 3.38. The predicted octanol–water partition coefficient (Wildman–Crippen LogP) is 1.90. The molecule has 0 spiro atoms. The number of nitrogens with one attached hydrogen (secondary N) is 1. The fourth-order valence-corrected chi connectivity index (χ4v) is 1.04. The molecule has 1 N–H and O–H groups in total. The number of imidazole rings is 1. The molecule has 0 bridgehead atoms. The van der Waals surface area contributed by atoms with E-state index in [1.807, 2.05) is 24.3 Å². The van der Waals surface area contributed by atoms with Crippen LogP contribution in [0, 0.1) is 6.08 Å². The molecule has 2 rings (SSSR count). The summed E-state index contributed by atoms with van der Waals surface area (Å²) in [4.78, 5) is 7.26. The van der Waals surface area contributed by atoms with Crippen LogP contribution >= 0.6 is 0 Å². The van der Waals surface area contributed by atoms with Crippen LogP contribution < -0.4 is 0 Å². The first-order chi connectivity index (χ1) is 5.40. The third kappa shape index (κ3) is 0.923. The molecule has 11 heavy (non-hydrogen) atoms. The summed E-state index contributed by atoms with van der Waals surface area (Å²) in [5, 5.41) is 0. The largest absolute Gasteiger partial charge is 0.338 e. The third-order valence-corrected chi connectivity index (χ3v) is 1.56. The number of hydrogen-bond donors (Lipinski definition) is 1. The van der Waals surface area contributed by atoms with Gasteiger partial charge in [-0.1, -0.05) is 18.7 Å². The van der Waals surface area contributed by atoms with Gasteiger partial charge in [0.25, 0.3) is 0 Å². The van der Waals surface area contributed by atoms with Gasteiger partial charge in [-0.05, 0) is 12.1 Å². The highest BCUT2D eigenvalue weighted by molar-refractivity contribution is 5.74. The van der Waals surface area contributed by atoms with Gasteiger partial charge in [-0.25, -0.2) is 4.98 Å². The Bertz CT molecular complexity index is 354. The van der Waals surface area contributed by atoms with Gasteiger partial charge >= 0.3 is 0 Å². The van der Waals surface area contributed by atoms with Crippen LogP contribution in [0.1, 0.15) is 5.82 Å². The lowest BCUT2D eigenvalue weighted by molar-refractivity contribution is 1.24. The molecule has 0 saturated heterocycles. The molecule has 53 valence electrons. The molecule has 0 aliphatic rings. The fourth-order valence-electron chi connectivity index (χ4n) is 1.04. The van der Waals surface area contributed by atoms with Crippen molar-refractivity contribution in [3.63, 3.8) is 0 Å². The van der Waals surface area contributed by atoms with Gasteiger partial charge in [0.1, 0.15) is 5.82 Å². The summed E-state index contributed by atoms with van der Waals surface area (Å²) in [6, 6.07) is 7.85. The summed E-state index contributed by atoms with van der Waals surface area (Å²) in [7, 11) is 0. The van der Waals surface area contributed by atoms with Crippen molar-refractivity contribution >= 4 is 11.0 Å². The van der Waals surface area contributed by atoms with Crippen LogP contribution in [-0.4, -0.2) is 9.97 Å². The van der Waals surface area contributed by atoms with Crippen LogP contribution in [0.25, 0.3) is 11.0 Å². The lowest BCUT2D eigenvalue weighted by atomic mass is 10.3. The van der Waals surface area contributed by atoms with Gasteiger partial charge < -0.3 is 4.98 Å². The van der Waals surface area contributed by atoms with Crippen LogP contribution in [0.2, 0.25) is 0 Å². The van der Waals surface area contributed by atoms with E-state index in [0.29, 0.717) is 5.82 Å². The summed E-state index contributed by atoms with van der Waals surface area (Å²) in [6.07, 6.45) is 2.70. The zero-order chi connectivity index (χ0) is 7.68. The number of aromatic amines is 1. The smallest absolute Gasteiger partial charge is 0.138 e. The van der Waals surface area contributed by atoms with Gasteiger partial charge in [-0.3, -0.25) is 0 Å². The van der Waals surface area contributed by atoms with Crippen molar-refractivity contribution in [2.24, 2.45) is 0 Å². The zero-order valence-electron chi connectivity index (χ0n) is 5.96. The van der Waals surface area contributed by atoms with Crippen LogP contribution in [0.3, 0.4) is 0 Å². The van der Waals surface area contributed by atoms with Crippen molar-refractivity contribution in [2.45, 2.75) is 0 Å². The van der Waals surface area contributed by atoms with Gasteiger partial charge in [0, 0.05) is 6.08 Å². The van der Waals surface area contributed by atoms with Crippen molar-refractivity contribution in [3.05, 3.63) is 42.7 Å². The van der Waals surface area contributed by atoms with Crippen molar-refractivity contribution in [1.82, 2.24) is 9.97 Å². The molecule has 0 saturated carbocycles. The lowest BCUT2D eigenvalue weighted by Crippen LogP contribution is -1.71. The summed E-state index contributed by atoms with van der Waals surface area (Å²) in [5.41, 5.74) is 1.98. The number of para-hydroxylation sites is 2. The van der Waals surface area contributed by atoms with E-state index in [1.54, 1.807) is 0 Å². The van der Waals surface area contributed by atoms with Crippen molar-refractivity contribution in [1.29, 1.82) is 0 Å². The number of H-pyrrole nitrogens is 1. The molecule has 0 aliphatic carbocycles. The van der Waals surface area contributed by atoms with Gasteiger partial charge in [-0.2, -0.15) is 0 Å². The minimum absolute atomic E-state index is 0.700. The van der Waals surface area contributed by atoms with Gasteiger partial charge in [-0.15, -0.1) is 0 Å². The van der Waals surface area contributed by atoms with Crippen LogP contribution in [0.4, 0.5) is 0 Å². The number of benzene rings is 1. The molecule has 2 heteroatoms. The molecule has 1 aromatic carbocycles. The maximum Gasteiger partial charge on any atom is 0.138 e. The Balaban J connectivity index is 2.78. The van der Waals surface area contributed by atoms with E-state index in [-0.39, 0.29) is 0 Å². The lowest BCUT2D eigenvalue weighted by Gasteiger charge is -1.81. The third-order valence-electron chi connectivity index (χ3n) is 1.56. The highest BCUT2D eigenvalue weighted by Crippen LogP contribution is 2.09. The minimum atomic E-state index is 0.700. The second-order valence-corrected chi connectivity index (χ2v) is 2.28. The van der Waals surface area contributed by atoms with Crippen LogP contribution in [0.15, 0.2) is 30.8 Å². The fraction of sp³-hybridized carbons (Fsp3) is 0. The molecule has 0 fully saturated rings. The number of nitrogens with zero attached hydrogens (tertiary/aromatic N) is 1. The minimum Gasteiger partial charge on any atom is -0.338 e. The first kappa shape index (κ1) is 6.16. The Kier molecular flexibility index (Phi) is 1.25. The Hall–Kier alpha value is -1.57. The Morgan fingerprint density at radius 1 is 1.36 bits per heavy atom. The topological polar surface area (TPSA) is 28.7 Å². The number of rotatable bonds is 1. The van der Waals surface area contributed by atoms with E-state index in [2.05, 4.69) is 22.6 Å². The summed E-state index contributed by atoms with van der Waals surface area (Å²) >= 11 is 0. The molecular weight excluding hydrogens is 136 g/mol. The standard InChI is InChI=1S/C9H7N2/c1-2-9-10-7-5-3-4-6-8(7)11-9/h3-6H,1H2,(H,10,11).